The normalized spacial score (nSPS) is 12.5. The van der Waals surface area contributed by atoms with Gasteiger partial charge in [0.15, 0.2) is 0 Å². The highest BCUT2D eigenvalue weighted by atomic mass is 16.3. The minimum absolute atomic E-state index is 0.0606. The number of rotatable bonds is 5. The third kappa shape index (κ3) is 4.51. The quantitative estimate of drug-likeness (QED) is 0.857. The van der Waals surface area contributed by atoms with Crippen molar-refractivity contribution < 1.29 is 9.21 Å². The largest absolute Gasteiger partial charge is 0.467 e. The molecule has 4 heteroatoms. The molecule has 1 aromatic rings. The smallest absolute Gasteiger partial charge is 0.317 e. The molecule has 0 spiro atoms. The van der Waals surface area contributed by atoms with E-state index < -0.39 is 0 Å². The predicted molar refractivity (Wildman–Crippen MR) is 67.6 cm³/mol. The van der Waals surface area contributed by atoms with Gasteiger partial charge in [0.1, 0.15) is 5.76 Å². The second-order valence-electron chi connectivity index (χ2n) is 4.83. The zero-order valence-corrected chi connectivity index (χ0v) is 11.1. The molecule has 0 aliphatic carbocycles. The van der Waals surface area contributed by atoms with Gasteiger partial charge >= 0.3 is 6.03 Å². The zero-order chi connectivity index (χ0) is 12.8. The first-order chi connectivity index (χ1) is 8.00. The third-order valence-corrected chi connectivity index (χ3v) is 2.79. The van der Waals surface area contributed by atoms with Gasteiger partial charge in [-0.2, -0.15) is 0 Å². The first-order valence-electron chi connectivity index (χ1n) is 6.03. The molecule has 96 valence electrons. The summed E-state index contributed by atoms with van der Waals surface area (Å²) >= 11 is 0. The van der Waals surface area contributed by atoms with Crippen molar-refractivity contribution in [2.45, 2.75) is 39.8 Å². The van der Waals surface area contributed by atoms with E-state index >= 15 is 0 Å². The van der Waals surface area contributed by atoms with Crippen LogP contribution in [0.1, 0.15) is 33.0 Å². The van der Waals surface area contributed by atoms with Crippen LogP contribution in [0.3, 0.4) is 0 Å². The highest BCUT2D eigenvalue weighted by Gasteiger charge is 2.16. The maximum Gasteiger partial charge on any atom is 0.317 e. The van der Waals surface area contributed by atoms with E-state index in [1.54, 1.807) is 11.2 Å². The average molecular weight is 238 g/mol. The van der Waals surface area contributed by atoms with Crippen LogP contribution >= 0.6 is 0 Å². The molecule has 0 aliphatic heterocycles. The minimum Gasteiger partial charge on any atom is -0.467 e. The number of nitrogens with zero attached hydrogens (tertiary/aromatic N) is 1. The Kier molecular flexibility index (Phi) is 5.07. The van der Waals surface area contributed by atoms with E-state index in [4.69, 9.17) is 4.42 Å². The minimum atomic E-state index is -0.0606. The molecule has 0 aliphatic rings. The topological polar surface area (TPSA) is 45.5 Å². The van der Waals surface area contributed by atoms with Crippen molar-refractivity contribution in [3.63, 3.8) is 0 Å². The molecule has 0 saturated carbocycles. The Morgan fingerprint density at radius 2 is 2.18 bits per heavy atom. The molecule has 0 bridgehead atoms. The lowest BCUT2D eigenvalue weighted by Crippen LogP contribution is -2.42. The lowest BCUT2D eigenvalue weighted by atomic mass is 10.0. The van der Waals surface area contributed by atoms with Crippen molar-refractivity contribution in [2.75, 3.05) is 7.05 Å². The molecule has 1 N–H and O–H groups in total. The number of amides is 2. The van der Waals surface area contributed by atoms with E-state index in [2.05, 4.69) is 26.1 Å². The Labute approximate surface area is 103 Å². The Hall–Kier alpha value is -1.45. The van der Waals surface area contributed by atoms with Crippen LogP contribution in [0.25, 0.3) is 0 Å². The van der Waals surface area contributed by atoms with Gasteiger partial charge in [-0.1, -0.05) is 13.8 Å². The monoisotopic (exact) mass is 238 g/mol. The SMILES string of the molecule is CC(C)C[C@@H](C)N(C)C(=O)NCc1ccco1. The summed E-state index contributed by atoms with van der Waals surface area (Å²) in [7, 11) is 1.82. The molecule has 1 atom stereocenters. The Morgan fingerprint density at radius 1 is 1.47 bits per heavy atom. The van der Waals surface area contributed by atoms with Crippen LogP contribution in [0.2, 0.25) is 0 Å². The highest BCUT2D eigenvalue weighted by molar-refractivity contribution is 5.74. The van der Waals surface area contributed by atoms with Gasteiger partial charge in [0.05, 0.1) is 12.8 Å². The van der Waals surface area contributed by atoms with Gasteiger partial charge in [-0.05, 0) is 31.4 Å². The van der Waals surface area contributed by atoms with Gasteiger partial charge in [0.25, 0.3) is 0 Å². The third-order valence-electron chi connectivity index (χ3n) is 2.79. The van der Waals surface area contributed by atoms with Crippen molar-refractivity contribution in [1.29, 1.82) is 0 Å². The van der Waals surface area contributed by atoms with Crippen LogP contribution in [0.5, 0.6) is 0 Å². The van der Waals surface area contributed by atoms with Gasteiger partial charge in [0.2, 0.25) is 0 Å². The molecule has 0 aromatic carbocycles. The first kappa shape index (κ1) is 13.6. The summed E-state index contributed by atoms with van der Waals surface area (Å²) in [4.78, 5) is 13.6. The standard InChI is InChI=1S/C13H22N2O2/c1-10(2)8-11(3)15(4)13(16)14-9-12-6-5-7-17-12/h5-7,10-11H,8-9H2,1-4H3,(H,14,16)/t11-/m1/s1. The molecule has 0 unspecified atom stereocenters. The fourth-order valence-corrected chi connectivity index (χ4v) is 1.74. The van der Waals surface area contributed by atoms with Crippen molar-refractivity contribution in [2.24, 2.45) is 5.92 Å². The van der Waals surface area contributed by atoms with Crippen LogP contribution in [0.4, 0.5) is 4.79 Å². The van der Waals surface area contributed by atoms with E-state index in [0.29, 0.717) is 12.5 Å². The first-order valence-corrected chi connectivity index (χ1v) is 6.03. The number of carbonyl (C=O) groups is 1. The molecular weight excluding hydrogens is 216 g/mol. The van der Waals surface area contributed by atoms with Gasteiger partial charge in [0, 0.05) is 13.1 Å². The van der Waals surface area contributed by atoms with Crippen molar-refractivity contribution in [3.05, 3.63) is 24.2 Å². The average Bonchev–Trinajstić information content (AvgIpc) is 2.76. The zero-order valence-electron chi connectivity index (χ0n) is 11.1. The molecule has 1 heterocycles. The Bertz CT molecular complexity index is 333. The van der Waals surface area contributed by atoms with Crippen LogP contribution in [0, 0.1) is 5.92 Å². The highest BCUT2D eigenvalue weighted by Crippen LogP contribution is 2.09. The van der Waals surface area contributed by atoms with Gasteiger partial charge < -0.3 is 14.6 Å². The number of carbonyl (C=O) groups excluding carboxylic acids is 1. The molecule has 17 heavy (non-hydrogen) atoms. The van der Waals surface area contributed by atoms with Gasteiger partial charge in [-0.3, -0.25) is 0 Å². The number of hydrogen-bond donors (Lipinski definition) is 1. The maximum atomic E-state index is 11.8. The van der Waals surface area contributed by atoms with Gasteiger partial charge in [-0.25, -0.2) is 4.79 Å². The van der Waals surface area contributed by atoms with Crippen LogP contribution in [-0.2, 0) is 6.54 Å². The molecule has 0 saturated heterocycles. The summed E-state index contributed by atoms with van der Waals surface area (Å²) in [5.41, 5.74) is 0. The summed E-state index contributed by atoms with van der Waals surface area (Å²) in [6.45, 7) is 6.81. The maximum absolute atomic E-state index is 11.8. The number of urea groups is 1. The van der Waals surface area contributed by atoms with Crippen LogP contribution in [0.15, 0.2) is 22.8 Å². The second-order valence-corrected chi connectivity index (χ2v) is 4.83. The van der Waals surface area contributed by atoms with Crippen molar-refractivity contribution >= 4 is 6.03 Å². The molecular formula is C13H22N2O2. The summed E-state index contributed by atoms with van der Waals surface area (Å²) in [6.07, 6.45) is 2.61. The van der Waals surface area contributed by atoms with E-state index in [9.17, 15) is 4.79 Å². The molecule has 0 fully saturated rings. The summed E-state index contributed by atoms with van der Waals surface area (Å²) in [5.74, 6) is 1.36. The number of furan rings is 1. The van der Waals surface area contributed by atoms with Gasteiger partial charge in [-0.15, -0.1) is 0 Å². The Balaban J connectivity index is 2.36. The Morgan fingerprint density at radius 3 is 2.71 bits per heavy atom. The number of hydrogen-bond acceptors (Lipinski definition) is 2. The summed E-state index contributed by atoms with van der Waals surface area (Å²) in [5, 5.41) is 2.83. The van der Waals surface area contributed by atoms with Crippen molar-refractivity contribution in [3.8, 4) is 0 Å². The van der Waals surface area contributed by atoms with E-state index in [1.807, 2.05) is 19.2 Å². The molecule has 4 nitrogen and oxygen atoms in total. The fraction of sp³-hybridized carbons (Fsp3) is 0.615. The summed E-state index contributed by atoms with van der Waals surface area (Å²) < 4.78 is 5.16. The van der Waals surface area contributed by atoms with E-state index in [0.717, 1.165) is 12.2 Å². The number of nitrogens with one attached hydrogen (secondary N) is 1. The molecule has 1 aromatic heterocycles. The lowest BCUT2D eigenvalue weighted by molar-refractivity contribution is 0.185. The van der Waals surface area contributed by atoms with E-state index in [1.165, 1.54) is 0 Å². The fourth-order valence-electron chi connectivity index (χ4n) is 1.74. The summed E-state index contributed by atoms with van der Waals surface area (Å²) in [6, 6.07) is 3.84. The van der Waals surface area contributed by atoms with E-state index in [-0.39, 0.29) is 12.1 Å². The predicted octanol–water partition coefficient (Wildman–Crippen LogP) is 2.86. The van der Waals surface area contributed by atoms with Crippen LogP contribution < -0.4 is 5.32 Å². The molecule has 2 amide bonds. The molecule has 1 rings (SSSR count). The second kappa shape index (κ2) is 6.33. The molecule has 0 radical (unpaired) electrons. The van der Waals surface area contributed by atoms with Crippen molar-refractivity contribution in [1.82, 2.24) is 10.2 Å². The lowest BCUT2D eigenvalue weighted by Gasteiger charge is -2.26. The van der Waals surface area contributed by atoms with Crippen LogP contribution in [-0.4, -0.2) is 24.0 Å².